The molecule has 1 aromatic heterocycles. The van der Waals surface area contributed by atoms with Crippen LogP contribution in [0.25, 0.3) is 0 Å². The van der Waals surface area contributed by atoms with Crippen LogP contribution in [0.1, 0.15) is 30.1 Å². The van der Waals surface area contributed by atoms with Crippen molar-refractivity contribution < 1.29 is 13.5 Å². The van der Waals surface area contributed by atoms with Crippen molar-refractivity contribution >= 4 is 11.6 Å². The van der Waals surface area contributed by atoms with Crippen molar-refractivity contribution in [1.29, 1.82) is 0 Å². The number of halogens is 3. The van der Waals surface area contributed by atoms with Gasteiger partial charge in [-0.2, -0.15) is 9.37 Å². The maximum absolute atomic E-state index is 13.6. The summed E-state index contributed by atoms with van der Waals surface area (Å²) in [5.74, 6) is -1.20. The molecule has 1 saturated carbocycles. The SMILES string of the molecule is Cc1c(Cl)nc(C2CC2)nc1Oc1cccc(F)c1F. The fraction of sp³-hybridized carbons (Fsp3) is 0.286. The zero-order valence-electron chi connectivity index (χ0n) is 10.7. The Labute approximate surface area is 119 Å². The number of ether oxygens (including phenoxy) is 1. The molecule has 0 unspecified atom stereocenters. The van der Waals surface area contributed by atoms with Crippen molar-refractivity contribution in [1.82, 2.24) is 9.97 Å². The first-order valence-corrected chi connectivity index (χ1v) is 6.60. The van der Waals surface area contributed by atoms with E-state index in [1.807, 2.05) is 0 Å². The second-order valence-corrected chi connectivity index (χ2v) is 5.09. The molecule has 20 heavy (non-hydrogen) atoms. The molecule has 1 fully saturated rings. The number of benzene rings is 1. The summed E-state index contributed by atoms with van der Waals surface area (Å²) in [6.07, 6.45) is 2.01. The van der Waals surface area contributed by atoms with Crippen LogP contribution in [0.15, 0.2) is 18.2 Å². The minimum Gasteiger partial charge on any atom is -0.435 e. The minimum atomic E-state index is -1.05. The molecule has 0 atom stereocenters. The van der Waals surface area contributed by atoms with Crippen molar-refractivity contribution in [3.63, 3.8) is 0 Å². The second kappa shape index (κ2) is 4.98. The van der Waals surface area contributed by atoms with Gasteiger partial charge in [-0.3, -0.25) is 0 Å². The van der Waals surface area contributed by atoms with E-state index in [0.717, 1.165) is 18.9 Å². The highest BCUT2D eigenvalue weighted by atomic mass is 35.5. The molecule has 1 aliphatic rings. The average Bonchev–Trinajstić information content (AvgIpc) is 3.24. The van der Waals surface area contributed by atoms with E-state index >= 15 is 0 Å². The molecule has 6 heteroatoms. The fourth-order valence-corrected chi connectivity index (χ4v) is 1.94. The Kier molecular flexibility index (Phi) is 3.30. The van der Waals surface area contributed by atoms with Gasteiger partial charge >= 0.3 is 0 Å². The van der Waals surface area contributed by atoms with Gasteiger partial charge in [0.2, 0.25) is 11.7 Å². The van der Waals surface area contributed by atoms with Gasteiger partial charge in [-0.15, -0.1) is 0 Å². The number of aromatic nitrogens is 2. The van der Waals surface area contributed by atoms with Crippen molar-refractivity contribution in [2.75, 3.05) is 0 Å². The Morgan fingerprint density at radius 2 is 2.00 bits per heavy atom. The first kappa shape index (κ1) is 13.2. The summed E-state index contributed by atoms with van der Waals surface area (Å²) in [6, 6.07) is 3.73. The Bertz CT molecular complexity index is 674. The number of hydrogen-bond acceptors (Lipinski definition) is 3. The van der Waals surface area contributed by atoms with Crippen molar-refractivity contribution in [2.45, 2.75) is 25.7 Å². The highest BCUT2D eigenvalue weighted by Crippen LogP contribution is 2.40. The summed E-state index contributed by atoms with van der Waals surface area (Å²) in [5.41, 5.74) is 0.500. The first-order chi connectivity index (χ1) is 9.56. The summed E-state index contributed by atoms with van der Waals surface area (Å²) in [4.78, 5) is 8.44. The predicted octanol–water partition coefficient (Wildman–Crippen LogP) is 4.39. The van der Waals surface area contributed by atoms with Crippen LogP contribution in [0.4, 0.5) is 8.78 Å². The maximum Gasteiger partial charge on any atom is 0.227 e. The molecule has 2 aromatic rings. The Balaban J connectivity index is 1.99. The second-order valence-electron chi connectivity index (χ2n) is 4.73. The van der Waals surface area contributed by atoms with Crippen LogP contribution in [0, 0.1) is 18.6 Å². The van der Waals surface area contributed by atoms with Crippen molar-refractivity contribution in [3.05, 3.63) is 46.4 Å². The van der Waals surface area contributed by atoms with Gasteiger partial charge < -0.3 is 4.74 Å². The first-order valence-electron chi connectivity index (χ1n) is 6.22. The van der Waals surface area contributed by atoms with E-state index in [-0.39, 0.29) is 22.7 Å². The molecule has 0 radical (unpaired) electrons. The molecule has 3 nitrogen and oxygen atoms in total. The topological polar surface area (TPSA) is 35.0 Å². The van der Waals surface area contributed by atoms with Crippen molar-refractivity contribution in [3.8, 4) is 11.6 Å². The third-order valence-electron chi connectivity index (χ3n) is 3.12. The van der Waals surface area contributed by atoms with E-state index in [9.17, 15) is 8.78 Å². The van der Waals surface area contributed by atoms with Gasteiger partial charge in [0.05, 0.1) is 0 Å². The molecule has 104 valence electrons. The zero-order chi connectivity index (χ0) is 14.3. The van der Waals surface area contributed by atoms with E-state index in [1.165, 1.54) is 12.1 Å². The Morgan fingerprint density at radius 1 is 1.25 bits per heavy atom. The lowest BCUT2D eigenvalue weighted by Crippen LogP contribution is -2.01. The molecule has 1 aromatic carbocycles. The molecule has 1 aliphatic carbocycles. The van der Waals surface area contributed by atoms with Gasteiger partial charge in [-0.1, -0.05) is 17.7 Å². The molecule has 0 amide bonds. The molecule has 0 N–H and O–H groups in total. The molecule has 0 aliphatic heterocycles. The highest BCUT2D eigenvalue weighted by molar-refractivity contribution is 6.30. The number of nitrogens with zero attached hydrogens (tertiary/aromatic N) is 2. The molecule has 3 rings (SSSR count). The van der Waals surface area contributed by atoms with E-state index in [2.05, 4.69) is 9.97 Å². The average molecular weight is 297 g/mol. The van der Waals surface area contributed by atoms with Crippen LogP contribution >= 0.6 is 11.6 Å². The minimum absolute atomic E-state index is 0.163. The monoisotopic (exact) mass is 296 g/mol. The van der Waals surface area contributed by atoms with Crippen LogP contribution in [0.2, 0.25) is 5.15 Å². The van der Waals surface area contributed by atoms with Crippen LogP contribution < -0.4 is 4.74 Å². The molecular formula is C14H11ClF2N2O. The normalized spacial score (nSPS) is 14.4. The van der Waals surface area contributed by atoms with Crippen LogP contribution in [-0.2, 0) is 0 Å². The van der Waals surface area contributed by atoms with Gasteiger partial charge in [0.1, 0.15) is 11.0 Å². The fourth-order valence-electron chi connectivity index (χ4n) is 1.78. The molecule has 1 heterocycles. The largest absolute Gasteiger partial charge is 0.435 e. The summed E-state index contributed by atoms with van der Waals surface area (Å²) in [6.45, 7) is 1.67. The van der Waals surface area contributed by atoms with Crippen molar-refractivity contribution in [2.24, 2.45) is 0 Å². The quantitative estimate of drug-likeness (QED) is 0.788. The van der Waals surface area contributed by atoms with E-state index in [0.29, 0.717) is 11.4 Å². The zero-order valence-corrected chi connectivity index (χ0v) is 11.4. The van der Waals surface area contributed by atoms with Gasteiger partial charge in [0, 0.05) is 11.5 Å². The van der Waals surface area contributed by atoms with Gasteiger partial charge in [-0.25, -0.2) is 9.37 Å². The summed E-state index contributed by atoms with van der Waals surface area (Å²) >= 11 is 6.03. The van der Waals surface area contributed by atoms with Crippen LogP contribution in [0.5, 0.6) is 11.6 Å². The Morgan fingerprint density at radius 3 is 2.70 bits per heavy atom. The maximum atomic E-state index is 13.6. The standard InChI is InChI=1S/C14H11ClF2N2O/c1-7-12(15)18-13(8-5-6-8)19-14(7)20-10-4-2-3-9(16)11(10)17/h2-4,8H,5-6H2,1H3. The Hall–Kier alpha value is -1.75. The lowest BCUT2D eigenvalue weighted by atomic mass is 10.3. The van der Waals surface area contributed by atoms with Gasteiger partial charge in [0.15, 0.2) is 11.6 Å². The van der Waals surface area contributed by atoms with E-state index in [1.54, 1.807) is 6.92 Å². The lowest BCUT2D eigenvalue weighted by molar-refractivity contribution is 0.401. The smallest absolute Gasteiger partial charge is 0.227 e. The highest BCUT2D eigenvalue weighted by Gasteiger charge is 2.28. The lowest BCUT2D eigenvalue weighted by Gasteiger charge is -2.11. The molecule has 0 bridgehead atoms. The van der Waals surface area contributed by atoms with Gasteiger partial charge in [-0.05, 0) is 31.9 Å². The van der Waals surface area contributed by atoms with Crippen LogP contribution in [0.3, 0.4) is 0 Å². The summed E-state index contributed by atoms with van der Waals surface area (Å²) in [5, 5.41) is 0.272. The molecular weight excluding hydrogens is 286 g/mol. The molecule has 0 saturated heterocycles. The third-order valence-corrected chi connectivity index (χ3v) is 3.49. The molecule has 0 spiro atoms. The number of hydrogen-bond donors (Lipinski definition) is 0. The van der Waals surface area contributed by atoms with E-state index in [4.69, 9.17) is 16.3 Å². The predicted molar refractivity (Wildman–Crippen MR) is 70.2 cm³/mol. The summed E-state index contributed by atoms with van der Waals surface area (Å²) in [7, 11) is 0. The summed E-state index contributed by atoms with van der Waals surface area (Å²) < 4.78 is 32.1. The third kappa shape index (κ3) is 2.45. The number of rotatable bonds is 3. The van der Waals surface area contributed by atoms with Crippen LogP contribution in [-0.4, -0.2) is 9.97 Å². The van der Waals surface area contributed by atoms with Gasteiger partial charge in [0.25, 0.3) is 0 Å². The van der Waals surface area contributed by atoms with E-state index < -0.39 is 11.6 Å².